The van der Waals surface area contributed by atoms with E-state index in [4.69, 9.17) is 4.55 Å². The molecule has 2 amide bonds. The zero-order chi connectivity index (χ0) is 29.6. The van der Waals surface area contributed by atoms with Gasteiger partial charge in [-0.1, -0.05) is 0 Å². The lowest BCUT2D eigenvalue weighted by Gasteiger charge is -2.10. The SMILES string of the molecule is CC1CN=C(c2ccc(NC(=O)c3ccc(C(=O)Nc4ccc(C5=NCC(C)N5)cc4)cc3)cc2)N1.CS(=O)(=O)O. The number of rotatable bonds is 6. The van der Waals surface area contributed by atoms with Crippen LogP contribution in [0.4, 0.5) is 11.4 Å². The predicted molar refractivity (Wildman–Crippen MR) is 161 cm³/mol. The molecule has 0 aromatic heterocycles. The number of amidine groups is 2. The van der Waals surface area contributed by atoms with E-state index in [0.29, 0.717) is 40.8 Å². The molecule has 3 aromatic carbocycles. The Morgan fingerprint density at radius 2 is 1.02 bits per heavy atom. The Morgan fingerprint density at radius 1 is 0.707 bits per heavy atom. The maximum absolute atomic E-state index is 12.7. The summed E-state index contributed by atoms with van der Waals surface area (Å²) in [5, 5.41) is 12.4. The van der Waals surface area contributed by atoms with Crippen molar-refractivity contribution >= 4 is 45.0 Å². The van der Waals surface area contributed by atoms with Crippen LogP contribution in [-0.4, -0.2) is 67.9 Å². The molecule has 2 unspecified atom stereocenters. The van der Waals surface area contributed by atoms with Crippen molar-refractivity contribution in [3.05, 3.63) is 95.1 Å². The molecule has 2 heterocycles. The van der Waals surface area contributed by atoms with Crippen molar-refractivity contribution in [3.8, 4) is 0 Å². The molecule has 41 heavy (non-hydrogen) atoms. The van der Waals surface area contributed by atoms with E-state index in [9.17, 15) is 18.0 Å². The van der Waals surface area contributed by atoms with Gasteiger partial charge in [-0.2, -0.15) is 8.42 Å². The molecule has 2 atom stereocenters. The standard InChI is InChI=1S/C28H28N6O2.CH4O3S/c1-17-15-29-25(31-17)19-7-11-23(12-8-19)33-27(35)21-3-5-22(6-4-21)28(36)34-24-13-9-20(10-14-24)26-30-16-18(2)32-26;1-5(2,3)4/h3-14,17-18H,15-16H2,1-2H3,(H,29,31)(H,30,32)(H,33,35)(H,34,36);1H3,(H,2,3,4). The van der Waals surface area contributed by atoms with Gasteiger partial charge in [0.1, 0.15) is 11.7 Å². The number of carbonyl (C=O) groups is 2. The number of anilines is 2. The molecule has 11 nitrogen and oxygen atoms in total. The molecule has 2 aliphatic heterocycles. The Morgan fingerprint density at radius 3 is 1.29 bits per heavy atom. The van der Waals surface area contributed by atoms with Gasteiger partial charge < -0.3 is 21.3 Å². The molecule has 5 N–H and O–H groups in total. The quantitative estimate of drug-likeness (QED) is 0.282. The first-order valence-corrected chi connectivity index (χ1v) is 14.8. The molecule has 0 radical (unpaired) electrons. The Bertz CT molecular complexity index is 1450. The van der Waals surface area contributed by atoms with Gasteiger partial charge in [0.05, 0.1) is 19.3 Å². The van der Waals surface area contributed by atoms with Gasteiger partial charge in [0.25, 0.3) is 21.9 Å². The average molecular weight is 577 g/mol. The van der Waals surface area contributed by atoms with Crippen LogP contribution in [0.3, 0.4) is 0 Å². The van der Waals surface area contributed by atoms with Crippen LogP contribution in [0.2, 0.25) is 0 Å². The number of hydrogen-bond donors (Lipinski definition) is 5. The second-order valence-electron chi connectivity index (χ2n) is 9.84. The summed E-state index contributed by atoms with van der Waals surface area (Å²) in [6, 6.07) is 22.4. The molecule has 2 aliphatic rings. The number of carbonyl (C=O) groups excluding carboxylic acids is 2. The third-order valence-corrected chi connectivity index (χ3v) is 6.05. The van der Waals surface area contributed by atoms with Crippen molar-refractivity contribution in [3.63, 3.8) is 0 Å². The first-order chi connectivity index (χ1) is 19.4. The second kappa shape index (κ2) is 12.7. The highest BCUT2D eigenvalue weighted by Crippen LogP contribution is 2.16. The highest BCUT2D eigenvalue weighted by molar-refractivity contribution is 7.85. The lowest BCUT2D eigenvalue weighted by molar-refractivity contribution is 0.101. The molecular weight excluding hydrogens is 544 g/mol. The van der Waals surface area contributed by atoms with Crippen LogP contribution in [0.1, 0.15) is 45.7 Å². The summed E-state index contributed by atoms with van der Waals surface area (Å²) in [6.07, 6.45) is 0.715. The van der Waals surface area contributed by atoms with Gasteiger partial charge in [-0.05, 0) is 86.6 Å². The number of nitrogens with zero attached hydrogens (tertiary/aromatic N) is 2. The summed E-state index contributed by atoms with van der Waals surface area (Å²) < 4.78 is 25.9. The largest absolute Gasteiger partial charge is 0.366 e. The van der Waals surface area contributed by atoms with Crippen molar-refractivity contribution in [2.45, 2.75) is 25.9 Å². The molecule has 214 valence electrons. The van der Waals surface area contributed by atoms with Gasteiger partial charge in [0, 0.05) is 45.7 Å². The number of nitrogens with one attached hydrogen (secondary N) is 4. The third kappa shape index (κ3) is 8.72. The summed E-state index contributed by atoms with van der Waals surface area (Å²) in [6.45, 7) is 5.70. The molecule has 0 bridgehead atoms. The summed E-state index contributed by atoms with van der Waals surface area (Å²) in [7, 11) is -3.67. The molecule has 0 aliphatic carbocycles. The second-order valence-corrected chi connectivity index (χ2v) is 11.3. The topological polar surface area (TPSA) is 161 Å². The maximum Gasteiger partial charge on any atom is 0.261 e. The Labute approximate surface area is 238 Å². The molecular formula is C29H32N6O5S. The molecule has 0 spiro atoms. The minimum absolute atomic E-state index is 0.243. The van der Waals surface area contributed by atoms with E-state index in [1.54, 1.807) is 24.3 Å². The van der Waals surface area contributed by atoms with Gasteiger partial charge in [0.2, 0.25) is 0 Å². The third-order valence-electron chi connectivity index (χ3n) is 6.05. The van der Waals surface area contributed by atoms with Crippen LogP contribution in [-0.2, 0) is 10.1 Å². The zero-order valence-electron chi connectivity index (χ0n) is 22.9. The van der Waals surface area contributed by atoms with E-state index < -0.39 is 10.1 Å². The molecule has 12 heteroatoms. The van der Waals surface area contributed by atoms with Crippen LogP contribution in [0.5, 0.6) is 0 Å². The van der Waals surface area contributed by atoms with E-state index in [1.807, 2.05) is 48.5 Å². The Kier molecular flexibility index (Phi) is 9.15. The normalized spacial score (nSPS) is 17.7. The fourth-order valence-corrected chi connectivity index (χ4v) is 4.06. The van der Waals surface area contributed by atoms with E-state index in [0.717, 1.165) is 35.9 Å². The molecule has 0 saturated heterocycles. The minimum atomic E-state index is -3.67. The highest BCUT2D eigenvalue weighted by Gasteiger charge is 2.16. The van der Waals surface area contributed by atoms with Gasteiger partial charge in [-0.15, -0.1) is 0 Å². The number of benzene rings is 3. The van der Waals surface area contributed by atoms with Crippen LogP contribution in [0.25, 0.3) is 0 Å². The fraction of sp³-hybridized carbons (Fsp3) is 0.241. The van der Waals surface area contributed by atoms with Crippen LogP contribution in [0, 0.1) is 0 Å². The maximum atomic E-state index is 12.7. The highest BCUT2D eigenvalue weighted by atomic mass is 32.2. The van der Waals surface area contributed by atoms with Crippen molar-refractivity contribution in [1.29, 1.82) is 0 Å². The van der Waals surface area contributed by atoms with E-state index >= 15 is 0 Å². The summed E-state index contributed by atoms with van der Waals surface area (Å²) in [5.74, 6) is 1.26. The number of hydrogen-bond acceptors (Lipinski definition) is 8. The van der Waals surface area contributed by atoms with Gasteiger partial charge >= 0.3 is 0 Å². The van der Waals surface area contributed by atoms with Crippen molar-refractivity contribution in [2.24, 2.45) is 9.98 Å². The lowest BCUT2D eigenvalue weighted by atomic mass is 10.1. The van der Waals surface area contributed by atoms with E-state index in [-0.39, 0.29) is 11.8 Å². The molecule has 5 rings (SSSR count). The molecule has 3 aromatic rings. The Balaban J connectivity index is 0.000000714. The lowest BCUT2D eigenvalue weighted by Crippen LogP contribution is -2.27. The van der Waals surface area contributed by atoms with Crippen molar-refractivity contribution in [1.82, 2.24) is 10.6 Å². The monoisotopic (exact) mass is 576 g/mol. The zero-order valence-corrected chi connectivity index (χ0v) is 23.7. The van der Waals surface area contributed by atoms with E-state index in [1.165, 1.54) is 0 Å². The average Bonchev–Trinajstić information content (AvgIpc) is 3.57. The fourth-order valence-electron chi connectivity index (χ4n) is 4.06. The summed E-state index contributed by atoms with van der Waals surface area (Å²) >= 11 is 0. The van der Waals surface area contributed by atoms with Crippen LogP contribution in [0.15, 0.2) is 82.8 Å². The van der Waals surface area contributed by atoms with Crippen molar-refractivity contribution < 1.29 is 22.6 Å². The van der Waals surface area contributed by atoms with E-state index in [2.05, 4.69) is 45.1 Å². The predicted octanol–water partition coefficient (Wildman–Crippen LogP) is 3.17. The van der Waals surface area contributed by atoms with Gasteiger partial charge in [0.15, 0.2) is 0 Å². The first kappa shape index (κ1) is 29.4. The van der Waals surface area contributed by atoms with Gasteiger partial charge in [-0.25, -0.2) is 0 Å². The van der Waals surface area contributed by atoms with Gasteiger partial charge in [-0.3, -0.25) is 24.1 Å². The van der Waals surface area contributed by atoms with Crippen LogP contribution >= 0.6 is 0 Å². The van der Waals surface area contributed by atoms with Crippen molar-refractivity contribution in [2.75, 3.05) is 30.0 Å². The molecule has 0 fully saturated rings. The van der Waals surface area contributed by atoms with Crippen LogP contribution < -0.4 is 21.3 Å². The summed E-state index contributed by atoms with van der Waals surface area (Å²) in [4.78, 5) is 34.3. The number of amides is 2. The smallest absolute Gasteiger partial charge is 0.261 e. The first-order valence-electron chi connectivity index (χ1n) is 12.9. The minimum Gasteiger partial charge on any atom is -0.366 e. The number of aliphatic imine (C=N–C) groups is 2. The molecule has 0 saturated carbocycles. The Hall–Kier alpha value is -4.55. The summed E-state index contributed by atoms with van der Waals surface area (Å²) in [5.41, 5.74) is 4.29.